The molecule has 1 aliphatic rings. The molecule has 1 aromatic rings. The molecule has 0 spiro atoms. The summed E-state index contributed by atoms with van der Waals surface area (Å²) in [5, 5.41) is 4.61. The van der Waals surface area contributed by atoms with Crippen LogP contribution in [0.4, 0.5) is 0 Å². The van der Waals surface area contributed by atoms with Gasteiger partial charge in [-0.05, 0) is 38.5 Å². The SMILES string of the molecule is CCOC1CCC(N/N=C(/c2cnccn2)C(C)C)CC1. The van der Waals surface area contributed by atoms with Gasteiger partial charge in [0.1, 0.15) is 5.69 Å². The van der Waals surface area contributed by atoms with Crippen molar-refractivity contribution in [2.24, 2.45) is 11.0 Å². The molecule has 1 fully saturated rings. The second kappa shape index (κ2) is 8.08. The Hall–Kier alpha value is -1.49. The molecule has 2 rings (SSSR count). The van der Waals surface area contributed by atoms with E-state index < -0.39 is 0 Å². The van der Waals surface area contributed by atoms with E-state index in [2.05, 4.69) is 41.3 Å². The summed E-state index contributed by atoms with van der Waals surface area (Å²) < 4.78 is 5.68. The maximum Gasteiger partial charge on any atom is 0.105 e. The summed E-state index contributed by atoms with van der Waals surface area (Å²) in [6.45, 7) is 7.12. The van der Waals surface area contributed by atoms with Crippen LogP contribution in [0.3, 0.4) is 0 Å². The van der Waals surface area contributed by atoms with Crippen LogP contribution in [0.2, 0.25) is 0 Å². The number of rotatable bonds is 6. The van der Waals surface area contributed by atoms with Crippen LogP contribution in [0.5, 0.6) is 0 Å². The summed E-state index contributed by atoms with van der Waals surface area (Å²) in [4.78, 5) is 8.47. The van der Waals surface area contributed by atoms with Crippen molar-refractivity contribution in [1.29, 1.82) is 0 Å². The minimum Gasteiger partial charge on any atom is -0.379 e. The molecule has 1 heterocycles. The molecule has 5 nitrogen and oxygen atoms in total. The van der Waals surface area contributed by atoms with Crippen LogP contribution < -0.4 is 5.43 Å². The van der Waals surface area contributed by atoms with Gasteiger partial charge in [0.15, 0.2) is 0 Å². The average Bonchev–Trinajstić information content (AvgIpc) is 2.50. The number of hydrogen-bond acceptors (Lipinski definition) is 5. The number of ether oxygens (including phenoxy) is 1. The van der Waals surface area contributed by atoms with Crippen LogP contribution in [-0.2, 0) is 4.74 Å². The Kier molecular flexibility index (Phi) is 6.11. The minimum absolute atomic E-state index is 0.314. The zero-order valence-electron chi connectivity index (χ0n) is 13.2. The topological polar surface area (TPSA) is 59.4 Å². The van der Waals surface area contributed by atoms with E-state index in [0.29, 0.717) is 18.1 Å². The number of nitrogens with one attached hydrogen (secondary N) is 1. The lowest BCUT2D eigenvalue weighted by Gasteiger charge is -2.28. The van der Waals surface area contributed by atoms with Crippen LogP contribution in [0.1, 0.15) is 52.1 Å². The second-order valence-electron chi connectivity index (χ2n) is 5.80. The predicted octanol–water partition coefficient (Wildman–Crippen LogP) is 2.77. The lowest BCUT2D eigenvalue weighted by molar-refractivity contribution is 0.0305. The van der Waals surface area contributed by atoms with Crippen molar-refractivity contribution in [3.63, 3.8) is 0 Å². The number of aromatic nitrogens is 2. The van der Waals surface area contributed by atoms with Gasteiger partial charge in [0.2, 0.25) is 0 Å². The molecule has 0 amide bonds. The summed E-state index contributed by atoms with van der Waals surface area (Å²) in [6.07, 6.45) is 10.0. The molecule has 0 radical (unpaired) electrons. The molecule has 0 bridgehead atoms. The molecule has 1 saturated carbocycles. The summed E-state index contributed by atoms with van der Waals surface area (Å²) in [6, 6.07) is 0.437. The number of hydrogen-bond donors (Lipinski definition) is 1. The molecule has 5 heteroatoms. The quantitative estimate of drug-likeness (QED) is 0.646. The zero-order chi connectivity index (χ0) is 15.1. The van der Waals surface area contributed by atoms with Gasteiger partial charge in [-0.2, -0.15) is 5.10 Å². The number of hydrazone groups is 1. The zero-order valence-corrected chi connectivity index (χ0v) is 13.2. The molecule has 21 heavy (non-hydrogen) atoms. The van der Waals surface area contributed by atoms with Crippen molar-refractivity contribution in [3.8, 4) is 0 Å². The molecule has 1 aromatic heterocycles. The molecule has 0 aliphatic heterocycles. The van der Waals surface area contributed by atoms with Crippen molar-refractivity contribution in [2.45, 2.75) is 58.6 Å². The van der Waals surface area contributed by atoms with Gasteiger partial charge in [0.25, 0.3) is 0 Å². The summed E-state index contributed by atoms with van der Waals surface area (Å²) >= 11 is 0. The molecule has 116 valence electrons. The summed E-state index contributed by atoms with van der Waals surface area (Å²) in [5.41, 5.74) is 5.15. The predicted molar refractivity (Wildman–Crippen MR) is 84.2 cm³/mol. The van der Waals surface area contributed by atoms with E-state index in [-0.39, 0.29) is 0 Å². The molecular formula is C16H26N4O. The number of nitrogens with zero attached hydrogens (tertiary/aromatic N) is 3. The fourth-order valence-corrected chi connectivity index (χ4v) is 2.67. The molecule has 1 aliphatic carbocycles. The Balaban J connectivity index is 1.92. The first-order valence-corrected chi connectivity index (χ1v) is 7.91. The van der Waals surface area contributed by atoms with Gasteiger partial charge in [-0.15, -0.1) is 0 Å². The van der Waals surface area contributed by atoms with Crippen molar-refractivity contribution in [3.05, 3.63) is 24.3 Å². The van der Waals surface area contributed by atoms with Gasteiger partial charge in [-0.1, -0.05) is 13.8 Å². The summed E-state index contributed by atoms with van der Waals surface area (Å²) in [7, 11) is 0. The Morgan fingerprint density at radius 1 is 1.33 bits per heavy atom. The van der Waals surface area contributed by atoms with Gasteiger partial charge in [-0.3, -0.25) is 9.97 Å². The van der Waals surface area contributed by atoms with E-state index >= 15 is 0 Å². The van der Waals surface area contributed by atoms with Gasteiger partial charge in [-0.25, -0.2) is 0 Å². The van der Waals surface area contributed by atoms with E-state index in [1.165, 1.54) is 0 Å². The van der Waals surface area contributed by atoms with Gasteiger partial charge >= 0.3 is 0 Å². The van der Waals surface area contributed by atoms with Crippen molar-refractivity contribution in [2.75, 3.05) is 6.61 Å². The minimum atomic E-state index is 0.314. The largest absolute Gasteiger partial charge is 0.379 e. The highest BCUT2D eigenvalue weighted by Crippen LogP contribution is 2.21. The lowest BCUT2D eigenvalue weighted by atomic mass is 9.93. The highest BCUT2D eigenvalue weighted by Gasteiger charge is 2.21. The van der Waals surface area contributed by atoms with E-state index in [4.69, 9.17) is 4.74 Å². The van der Waals surface area contributed by atoms with Gasteiger partial charge in [0.05, 0.1) is 18.0 Å². The normalized spacial score (nSPS) is 23.3. The fourth-order valence-electron chi connectivity index (χ4n) is 2.67. The van der Waals surface area contributed by atoms with Crippen molar-refractivity contribution < 1.29 is 4.74 Å². The molecule has 0 unspecified atom stereocenters. The molecular weight excluding hydrogens is 264 g/mol. The lowest BCUT2D eigenvalue weighted by Crippen LogP contribution is -2.33. The third-order valence-electron chi connectivity index (χ3n) is 3.82. The van der Waals surface area contributed by atoms with Crippen LogP contribution in [0.25, 0.3) is 0 Å². The van der Waals surface area contributed by atoms with Crippen LogP contribution in [-0.4, -0.2) is 34.4 Å². The molecule has 0 saturated heterocycles. The Morgan fingerprint density at radius 2 is 2.10 bits per heavy atom. The third-order valence-corrected chi connectivity index (χ3v) is 3.82. The monoisotopic (exact) mass is 290 g/mol. The maximum atomic E-state index is 5.68. The Bertz CT molecular complexity index is 439. The first-order valence-electron chi connectivity index (χ1n) is 7.91. The average molecular weight is 290 g/mol. The smallest absolute Gasteiger partial charge is 0.105 e. The maximum absolute atomic E-state index is 5.68. The molecule has 0 aromatic carbocycles. The van der Waals surface area contributed by atoms with Crippen LogP contribution in [0.15, 0.2) is 23.7 Å². The second-order valence-corrected chi connectivity index (χ2v) is 5.80. The van der Waals surface area contributed by atoms with Crippen LogP contribution in [0, 0.1) is 5.92 Å². The van der Waals surface area contributed by atoms with Crippen LogP contribution >= 0.6 is 0 Å². The summed E-state index contributed by atoms with van der Waals surface area (Å²) in [5.74, 6) is 0.314. The van der Waals surface area contributed by atoms with E-state index in [1.54, 1.807) is 18.6 Å². The highest BCUT2D eigenvalue weighted by atomic mass is 16.5. The first-order chi connectivity index (χ1) is 10.2. The third kappa shape index (κ3) is 4.77. The van der Waals surface area contributed by atoms with Crippen molar-refractivity contribution in [1.82, 2.24) is 15.4 Å². The van der Waals surface area contributed by atoms with E-state index in [1.807, 2.05) is 0 Å². The highest BCUT2D eigenvalue weighted by molar-refractivity contribution is 5.99. The standard InChI is InChI=1S/C16H26N4O/c1-4-21-14-7-5-13(6-8-14)19-20-16(12(2)3)15-11-17-9-10-18-15/h9-14,19H,4-8H2,1-3H3/b20-16+. The van der Waals surface area contributed by atoms with Crippen molar-refractivity contribution >= 4 is 5.71 Å². The van der Waals surface area contributed by atoms with Gasteiger partial charge < -0.3 is 10.2 Å². The fraction of sp³-hybridized carbons (Fsp3) is 0.688. The van der Waals surface area contributed by atoms with E-state index in [9.17, 15) is 0 Å². The first kappa shape index (κ1) is 15.9. The van der Waals surface area contributed by atoms with Gasteiger partial charge in [0, 0.05) is 25.0 Å². The molecule has 0 atom stereocenters. The van der Waals surface area contributed by atoms with E-state index in [0.717, 1.165) is 43.7 Å². The Labute approximate surface area is 127 Å². The Morgan fingerprint density at radius 3 is 2.67 bits per heavy atom. The molecule has 1 N–H and O–H groups in total.